The molecule has 0 saturated carbocycles. The minimum absolute atomic E-state index is 0.0245. The number of hydrogen-bond acceptors (Lipinski definition) is 6. The Morgan fingerprint density at radius 2 is 1.28 bits per heavy atom. The molecule has 0 aliphatic heterocycles. The van der Waals surface area contributed by atoms with Gasteiger partial charge in [0.25, 0.3) is 17.5 Å². The van der Waals surface area contributed by atoms with Gasteiger partial charge in [0.1, 0.15) is 11.5 Å². The number of carbonyl (C=O) groups is 2. The lowest BCUT2D eigenvalue weighted by atomic mass is 9.87. The summed E-state index contributed by atoms with van der Waals surface area (Å²) in [5.74, 6) is -0.292. The van der Waals surface area contributed by atoms with Gasteiger partial charge in [-0.2, -0.15) is 0 Å². The average molecular weight is 401 g/mol. The molecule has 9 heteroatoms. The van der Waals surface area contributed by atoms with Crippen molar-refractivity contribution in [3.8, 4) is 11.5 Å². The van der Waals surface area contributed by atoms with Gasteiger partial charge in [-0.1, -0.05) is 32.9 Å². The van der Waals surface area contributed by atoms with Crippen molar-refractivity contribution in [2.45, 2.75) is 26.2 Å². The maximum Gasteiger partial charge on any atom is 0.276 e. The Morgan fingerprint density at radius 1 is 0.862 bits per heavy atom. The molecule has 2 amide bonds. The molecule has 154 valence electrons. The van der Waals surface area contributed by atoms with E-state index in [1.54, 1.807) is 12.1 Å². The summed E-state index contributed by atoms with van der Waals surface area (Å²) in [6.07, 6.45) is 0. The van der Waals surface area contributed by atoms with Crippen LogP contribution in [0.25, 0.3) is 0 Å². The van der Waals surface area contributed by atoms with Crippen LogP contribution in [0.5, 0.6) is 11.5 Å². The summed E-state index contributed by atoms with van der Waals surface area (Å²) in [5, 5.41) is 10.6. The van der Waals surface area contributed by atoms with E-state index < -0.39 is 16.7 Å². The molecular formula is C20H23N3O6. The summed E-state index contributed by atoms with van der Waals surface area (Å²) in [4.78, 5) is 33.5. The highest BCUT2D eigenvalue weighted by molar-refractivity contribution is 5.83. The number of carbonyl (C=O) groups excluding carboxylic acids is 2. The molecule has 0 saturated heterocycles. The first-order chi connectivity index (χ1) is 13.6. The third-order valence-electron chi connectivity index (χ3n) is 3.85. The second-order valence-corrected chi connectivity index (χ2v) is 7.20. The lowest BCUT2D eigenvalue weighted by Gasteiger charge is -2.19. The minimum atomic E-state index is -0.591. The molecule has 0 heterocycles. The van der Waals surface area contributed by atoms with Crippen LogP contribution in [0.4, 0.5) is 5.69 Å². The number of nitrogens with zero attached hydrogens (tertiary/aromatic N) is 1. The highest BCUT2D eigenvalue weighted by Gasteiger charge is 2.13. The number of hydrogen-bond donors (Lipinski definition) is 2. The molecule has 2 aromatic rings. The second-order valence-electron chi connectivity index (χ2n) is 7.20. The number of nitro benzene ring substituents is 1. The van der Waals surface area contributed by atoms with Crippen LogP contribution < -0.4 is 20.3 Å². The van der Waals surface area contributed by atoms with Crippen molar-refractivity contribution in [2.75, 3.05) is 13.2 Å². The van der Waals surface area contributed by atoms with E-state index in [1.807, 2.05) is 12.1 Å². The average Bonchev–Trinajstić information content (AvgIpc) is 2.69. The van der Waals surface area contributed by atoms with Crippen LogP contribution in [-0.2, 0) is 15.0 Å². The highest BCUT2D eigenvalue weighted by Crippen LogP contribution is 2.24. The number of amides is 2. The molecule has 0 unspecified atom stereocenters. The summed E-state index contributed by atoms with van der Waals surface area (Å²) >= 11 is 0. The van der Waals surface area contributed by atoms with Crippen molar-refractivity contribution in [2.24, 2.45) is 0 Å². The van der Waals surface area contributed by atoms with E-state index in [0.717, 1.165) is 5.56 Å². The van der Waals surface area contributed by atoms with Gasteiger partial charge in [-0.15, -0.1) is 0 Å². The highest BCUT2D eigenvalue weighted by atomic mass is 16.6. The zero-order chi connectivity index (χ0) is 21.4. The maximum absolute atomic E-state index is 11.8. The van der Waals surface area contributed by atoms with Gasteiger partial charge in [0.15, 0.2) is 13.2 Å². The summed E-state index contributed by atoms with van der Waals surface area (Å²) in [7, 11) is 0. The van der Waals surface area contributed by atoms with E-state index in [4.69, 9.17) is 9.47 Å². The number of hydrazine groups is 1. The quantitative estimate of drug-likeness (QED) is 0.543. The molecule has 0 radical (unpaired) electrons. The summed E-state index contributed by atoms with van der Waals surface area (Å²) in [5.41, 5.74) is 5.50. The van der Waals surface area contributed by atoms with E-state index in [-0.39, 0.29) is 24.3 Å². The standard InChI is InChI=1S/C20H23N3O6/c1-20(2,3)14-4-8-16(9-5-14)28-12-18(24)21-22-19(25)13-29-17-10-6-15(7-11-17)23(26)27/h4-11H,12-13H2,1-3H3,(H,21,24)(H,22,25). The predicted molar refractivity (Wildman–Crippen MR) is 106 cm³/mol. The molecule has 29 heavy (non-hydrogen) atoms. The predicted octanol–water partition coefficient (Wildman–Crippen LogP) is 2.50. The zero-order valence-electron chi connectivity index (χ0n) is 16.4. The first-order valence-electron chi connectivity index (χ1n) is 8.83. The molecule has 0 aliphatic carbocycles. The lowest BCUT2D eigenvalue weighted by molar-refractivity contribution is -0.384. The van der Waals surface area contributed by atoms with Crippen LogP contribution in [0.2, 0.25) is 0 Å². The third-order valence-corrected chi connectivity index (χ3v) is 3.85. The van der Waals surface area contributed by atoms with Gasteiger partial charge < -0.3 is 9.47 Å². The fourth-order valence-electron chi connectivity index (χ4n) is 2.22. The Labute approximate surface area is 168 Å². The first kappa shape index (κ1) is 21.7. The van der Waals surface area contributed by atoms with Crippen molar-refractivity contribution < 1.29 is 24.0 Å². The number of benzene rings is 2. The van der Waals surface area contributed by atoms with Crippen LogP contribution >= 0.6 is 0 Å². The largest absolute Gasteiger partial charge is 0.484 e. The minimum Gasteiger partial charge on any atom is -0.484 e. The van der Waals surface area contributed by atoms with Crippen LogP contribution in [-0.4, -0.2) is 30.0 Å². The zero-order valence-corrected chi connectivity index (χ0v) is 16.4. The first-order valence-corrected chi connectivity index (χ1v) is 8.83. The molecule has 0 atom stereocenters. The Kier molecular flexibility index (Phi) is 7.13. The fraction of sp³-hybridized carbons (Fsp3) is 0.300. The van der Waals surface area contributed by atoms with E-state index in [1.165, 1.54) is 24.3 Å². The number of non-ortho nitro benzene ring substituents is 1. The monoisotopic (exact) mass is 401 g/mol. The molecular weight excluding hydrogens is 378 g/mol. The van der Waals surface area contributed by atoms with Crippen molar-refractivity contribution in [3.05, 3.63) is 64.2 Å². The third kappa shape index (κ3) is 7.13. The molecule has 0 aliphatic rings. The number of rotatable bonds is 7. The van der Waals surface area contributed by atoms with Gasteiger partial charge >= 0.3 is 0 Å². The number of ether oxygens (including phenoxy) is 2. The van der Waals surface area contributed by atoms with E-state index in [0.29, 0.717) is 11.5 Å². The Morgan fingerprint density at radius 3 is 1.66 bits per heavy atom. The van der Waals surface area contributed by atoms with Crippen molar-refractivity contribution in [1.82, 2.24) is 10.9 Å². The van der Waals surface area contributed by atoms with Crippen molar-refractivity contribution in [3.63, 3.8) is 0 Å². The number of nitro groups is 1. The SMILES string of the molecule is CC(C)(C)c1ccc(OCC(=O)NNC(=O)COc2ccc([N+](=O)[O-])cc2)cc1. The maximum atomic E-state index is 11.8. The molecule has 0 bridgehead atoms. The molecule has 0 fully saturated rings. The van der Waals surface area contributed by atoms with Gasteiger partial charge in [0, 0.05) is 12.1 Å². The topological polar surface area (TPSA) is 120 Å². The van der Waals surface area contributed by atoms with Crippen LogP contribution in [0, 0.1) is 10.1 Å². The van der Waals surface area contributed by atoms with Gasteiger partial charge in [-0.3, -0.25) is 30.6 Å². The lowest BCUT2D eigenvalue weighted by Crippen LogP contribution is -2.45. The van der Waals surface area contributed by atoms with E-state index in [2.05, 4.69) is 31.6 Å². The number of nitrogens with one attached hydrogen (secondary N) is 2. The van der Waals surface area contributed by atoms with E-state index in [9.17, 15) is 19.7 Å². The van der Waals surface area contributed by atoms with Crippen molar-refractivity contribution >= 4 is 17.5 Å². The summed E-state index contributed by atoms with van der Waals surface area (Å²) < 4.78 is 10.6. The van der Waals surface area contributed by atoms with E-state index >= 15 is 0 Å². The molecule has 0 aromatic heterocycles. The normalized spacial score (nSPS) is 10.7. The Hall–Kier alpha value is -3.62. The van der Waals surface area contributed by atoms with Crippen LogP contribution in [0.1, 0.15) is 26.3 Å². The van der Waals surface area contributed by atoms with Crippen LogP contribution in [0.3, 0.4) is 0 Å². The molecule has 2 rings (SSSR count). The molecule has 2 aromatic carbocycles. The molecule has 2 N–H and O–H groups in total. The molecule has 0 spiro atoms. The van der Waals surface area contributed by atoms with Gasteiger partial charge in [-0.25, -0.2) is 0 Å². The second kappa shape index (κ2) is 9.54. The summed E-state index contributed by atoms with van der Waals surface area (Å²) in [6, 6.07) is 12.7. The smallest absolute Gasteiger partial charge is 0.276 e. The van der Waals surface area contributed by atoms with Crippen LogP contribution in [0.15, 0.2) is 48.5 Å². The van der Waals surface area contributed by atoms with Gasteiger partial charge in [0.05, 0.1) is 4.92 Å². The van der Waals surface area contributed by atoms with Gasteiger partial charge in [0.2, 0.25) is 0 Å². The molecule has 9 nitrogen and oxygen atoms in total. The van der Waals surface area contributed by atoms with Crippen molar-refractivity contribution in [1.29, 1.82) is 0 Å². The van der Waals surface area contributed by atoms with Gasteiger partial charge in [-0.05, 0) is 35.2 Å². The fourth-order valence-corrected chi connectivity index (χ4v) is 2.22. The Balaban J connectivity index is 1.69. The summed E-state index contributed by atoms with van der Waals surface area (Å²) in [6.45, 7) is 5.67. The Bertz CT molecular complexity index is 857.